The number of pyridine rings is 3. The summed E-state index contributed by atoms with van der Waals surface area (Å²) in [4.78, 5) is 45.3. The fourth-order valence-electron chi connectivity index (χ4n) is 9.71. The van der Waals surface area contributed by atoms with E-state index in [-0.39, 0.29) is 21.1 Å². The number of nitrogens with zero attached hydrogens (tertiary/aromatic N) is 11. The molecule has 6 aromatic heterocycles. The standard InChI is InChI=1S/C22H31ClN6OS2.C18H23ClN6S.C9H6Cl2N4S/c1-21(2,3)32(30)28-16-7-4-8-22(16)9-12-29(13-10-22)17-14-26-20(19(24)27-17)31-15-6-5-11-25-18(15)23;19-15-12(3-2-8-22-15)26-17-16(21)24-14(11-23-17)25-9-6-18(7-10-25)5-1-4-13(18)20;10-6-4-14-9(8(12)15-6)16-5-2-1-3-13-7(5)11/h5-6,11,14,16,28H,4,7-10,12-13H2,1-3H3,(H2,24,27);2-3,8,11,13H,1,4-7,9-10,20H2,(H2,21,24);1-4H,(H2,12,15)/t16-,32-;13-;/m11./s1. The number of halogens is 4. The van der Waals surface area contributed by atoms with Crippen LogP contribution in [0, 0.1) is 10.8 Å². The average molecular weight is 1160 g/mol. The highest BCUT2D eigenvalue weighted by Gasteiger charge is 2.46. The molecule has 2 spiro atoms. The molecular weight excluding hydrogens is 1100 g/mol. The molecule has 4 aliphatic rings. The third kappa shape index (κ3) is 13.9. The Morgan fingerprint density at radius 2 is 1.00 bits per heavy atom. The molecule has 394 valence electrons. The summed E-state index contributed by atoms with van der Waals surface area (Å²) in [6.45, 7) is 9.78. The summed E-state index contributed by atoms with van der Waals surface area (Å²) < 4.78 is 15.9. The molecule has 2 saturated carbocycles. The lowest BCUT2D eigenvalue weighted by atomic mass is 9.74. The summed E-state index contributed by atoms with van der Waals surface area (Å²) in [5.74, 6) is 2.74. The lowest BCUT2D eigenvalue weighted by Crippen LogP contribution is -2.51. The van der Waals surface area contributed by atoms with E-state index in [2.05, 4.69) is 59.4 Å². The Kier molecular flexibility index (Phi) is 19.0. The van der Waals surface area contributed by atoms with Crippen molar-refractivity contribution in [1.82, 2.24) is 49.6 Å². The second-order valence-electron chi connectivity index (χ2n) is 19.5. The molecule has 4 fully saturated rings. The Labute approximate surface area is 467 Å². The molecule has 0 radical (unpaired) electrons. The van der Waals surface area contributed by atoms with Gasteiger partial charge >= 0.3 is 0 Å². The topological polar surface area (TPSA) is 256 Å². The van der Waals surface area contributed by atoms with Crippen LogP contribution < -0.4 is 37.5 Å². The van der Waals surface area contributed by atoms with Crippen LogP contribution >= 0.6 is 81.7 Å². The van der Waals surface area contributed by atoms with Gasteiger partial charge in [0.05, 0.1) is 49.0 Å². The van der Waals surface area contributed by atoms with Crippen molar-refractivity contribution >= 4 is 122 Å². The Morgan fingerprint density at radius 1 is 0.595 bits per heavy atom. The quantitative estimate of drug-likeness (QED) is 0.0799. The molecular formula is C49H60Cl4N16OS4. The first-order chi connectivity index (χ1) is 35.4. The minimum Gasteiger partial charge on any atom is -0.381 e. The number of piperidine rings is 2. The average Bonchev–Trinajstić information content (AvgIpc) is 3.93. The van der Waals surface area contributed by atoms with Gasteiger partial charge in [-0.25, -0.2) is 53.8 Å². The van der Waals surface area contributed by atoms with Gasteiger partial charge in [0, 0.05) is 56.9 Å². The van der Waals surface area contributed by atoms with Crippen LogP contribution in [0.4, 0.5) is 29.1 Å². The van der Waals surface area contributed by atoms with Crippen LogP contribution in [-0.4, -0.2) is 92.1 Å². The molecule has 17 nitrogen and oxygen atoms in total. The molecule has 3 atom stereocenters. The molecule has 0 unspecified atom stereocenters. The highest BCUT2D eigenvalue weighted by atomic mass is 35.5. The van der Waals surface area contributed by atoms with E-state index in [0.717, 1.165) is 91.0 Å². The van der Waals surface area contributed by atoms with Gasteiger partial charge in [-0.1, -0.05) is 94.5 Å². The SMILES string of the molecule is CC(C)(C)[S@@](=O)N[C@@H]1CCCC12CCN(c1cnc(Sc3cccnc3Cl)c(N)n1)CC2.Nc1nc(Cl)cnc1Sc1cccnc1Cl.Nc1nc(N2CCC3(CCC[C@H]3N)CC2)cnc1Sc1cccnc1Cl. The highest BCUT2D eigenvalue weighted by Crippen LogP contribution is 2.48. The first kappa shape index (κ1) is 56.2. The maximum Gasteiger partial charge on any atom is 0.158 e. The van der Waals surface area contributed by atoms with Gasteiger partial charge < -0.3 is 32.7 Å². The van der Waals surface area contributed by atoms with E-state index in [9.17, 15) is 4.21 Å². The highest BCUT2D eigenvalue weighted by molar-refractivity contribution is 8.00. The predicted octanol–water partition coefficient (Wildman–Crippen LogP) is 10.7. The second kappa shape index (κ2) is 25.0. The van der Waals surface area contributed by atoms with Gasteiger partial charge in [0.1, 0.15) is 47.3 Å². The van der Waals surface area contributed by atoms with Gasteiger partial charge in [-0.3, -0.25) is 0 Å². The molecule has 8 heterocycles. The Morgan fingerprint density at radius 3 is 1.39 bits per heavy atom. The molecule has 0 aromatic carbocycles. The van der Waals surface area contributed by atoms with Crippen LogP contribution in [0.25, 0.3) is 0 Å². The number of nitrogen functional groups attached to an aromatic ring is 3. The fourth-order valence-corrected chi connectivity index (χ4v) is 13.8. The number of hydrogen-bond acceptors (Lipinski definition) is 19. The van der Waals surface area contributed by atoms with Gasteiger partial charge in [-0.15, -0.1) is 0 Å². The zero-order chi connectivity index (χ0) is 52.6. The molecule has 0 amide bonds. The maximum absolute atomic E-state index is 12.7. The lowest BCUT2D eigenvalue weighted by molar-refractivity contribution is 0.188. The normalized spacial score (nSPS) is 19.4. The molecule has 0 bridgehead atoms. The van der Waals surface area contributed by atoms with Crippen molar-refractivity contribution in [3.63, 3.8) is 0 Å². The zero-order valence-corrected chi connectivity index (χ0v) is 47.6. The van der Waals surface area contributed by atoms with E-state index in [1.807, 2.05) is 51.1 Å². The fraction of sp³-hybridized carbons (Fsp3) is 0.449. The summed E-state index contributed by atoms with van der Waals surface area (Å²) in [6, 6.07) is 11.7. The van der Waals surface area contributed by atoms with Crippen molar-refractivity contribution in [2.24, 2.45) is 16.6 Å². The van der Waals surface area contributed by atoms with Crippen LogP contribution in [0.2, 0.25) is 20.6 Å². The van der Waals surface area contributed by atoms with Crippen LogP contribution in [0.5, 0.6) is 0 Å². The van der Waals surface area contributed by atoms with E-state index < -0.39 is 11.0 Å². The number of anilines is 5. The van der Waals surface area contributed by atoms with Crippen molar-refractivity contribution in [2.75, 3.05) is 53.2 Å². The zero-order valence-electron chi connectivity index (χ0n) is 41.3. The predicted molar refractivity (Wildman–Crippen MR) is 303 cm³/mol. The summed E-state index contributed by atoms with van der Waals surface area (Å²) in [7, 11) is -1.04. The lowest BCUT2D eigenvalue weighted by Gasteiger charge is -2.44. The number of nitrogens with one attached hydrogen (secondary N) is 1. The molecule has 2 saturated heterocycles. The van der Waals surface area contributed by atoms with Crippen molar-refractivity contribution in [1.29, 1.82) is 0 Å². The van der Waals surface area contributed by atoms with Crippen LogP contribution in [0.1, 0.15) is 85.0 Å². The largest absolute Gasteiger partial charge is 0.381 e. The molecule has 10 rings (SSSR count). The second-order valence-corrected chi connectivity index (χ2v) is 26.1. The first-order valence-electron chi connectivity index (χ1n) is 24.2. The smallest absolute Gasteiger partial charge is 0.158 e. The van der Waals surface area contributed by atoms with Crippen molar-refractivity contribution < 1.29 is 4.21 Å². The third-order valence-electron chi connectivity index (χ3n) is 13.9. The molecule has 25 heteroatoms. The summed E-state index contributed by atoms with van der Waals surface area (Å²) >= 11 is 27.9. The summed E-state index contributed by atoms with van der Waals surface area (Å²) in [5, 5.41) is 3.37. The van der Waals surface area contributed by atoms with Crippen LogP contribution in [0.3, 0.4) is 0 Å². The van der Waals surface area contributed by atoms with Crippen molar-refractivity contribution in [3.8, 4) is 0 Å². The van der Waals surface area contributed by atoms with E-state index in [1.54, 1.807) is 37.1 Å². The molecule has 9 N–H and O–H groups in total. The van der Waals surface area contributed by atoms with Crippen LogP contribution in [-0.2, 0) is 11.0 Å². The minimum atomic E-state index is -1.04. The number of aromatic nitrogens is 9. The Bertz CT molecular complexity index is 2910. The number of rotatable bonds is 10. The first-order valence-corrected chi connectivity index (χ1v) is 29.3. The summed E-state index contributed by atoms with van der Waals surface area (Å²) in [6.07, 6.45) is 21.5. The van der Waals surface area contributed by atoms with Crippen molar-refractivity contribution in [3.05, 3.63) is 94.2 Å². The van der Waals surface area contributed by atoms with E-state index >= 15 is 0 Å². The van der Waals surface area contributed by atoms with Crippen LogP contribution in [0.15, 0.2) is 103 Å². The van der Waals surface area contributed by atoms with E-state index in [4.69, 9.17) is 69.3 Å². The van der Waals surface area contributed by atoms with Gasteiger partial charge in [0.2, 0.25) is 0 Å². The van der Waals surface area contributed by atoms with Gasteiger partial charge in [-0.2, -0.15) is 0 Å². The van der Waals surface area contributed by atoms with E-state index in [1.165, 1.54) is 67.2 Å². The van der Waals surface area contributed by atoms with Crippen molar-refractivity contribution in [2.45, 2.75) is 132 Å². The molecule has 2 aliphatic carbocycles. The Balaban J connectivity index is 0.000000156. The van der Waals surface area contributed by atoms with Gasteiger partial charge in [0.25, 0.3) is 0 Å². The summed E-state index contributed by atoms with van der Waals surface area (Å²) in [5.41, 5.74) is 25.0. The number of nitrogens with two attached hydrogens (primary N) is 4. The van der Waals surface area contributed by atoms with Gasteiger partial charge in [0.15, 0.2) is 17.5 Å². The molecule has 2 aliphatic heterocycles. The molecule has 74 heavy (non-hydrogen) atoms. The minimum absolute atomic E-state index is 0.212. The maximum atomic E-state index is 12.7. The van der Waals surface area contributed by atoms with E-state index in [0.29, 0.717) is 59.7 Å². The number of hydrogen-bond donors (Lipinski definition) is 5. The molecule has 6 aromatic rings. The van der Waals surface area contributed by atoms with Gasteiger partial charge in [-0.05, 0) is 119 Å². The third-order valence-corrected chi connectivity index (χ3v) is 20.1. The Hall–Kier alpha value is -4.03. The monoisotopic (exact) mass is 1160 g/mol.